The Hall–Kier alpha value is -2.05. The van der Waals surface area contributed by atoms with Crippen LogP contribution in [-0.2, 0) is 9.53 Å². The van der Waals surface area contributed by atoms with Crippen molar-refractivity contribution >= 4 is 5.78 Å². The van der Waals surface area contributed by atoms with Crippen LogP contribution in [0.4, 0.5) is 4.39 Å². The van der Waals surface area contributed by atoms with E-state index in [2.05, 4.69) is 4.98 Å². The van der Waals surface area contributed by atoms with Gasteiger partial charge in [-0.3, -0.25) is 4.79 Å². The topological polar surface area (TPSA) is 64.4 Å². The van der Waals surface area contributed by atoms with Gasteiger partial charge in [-0.05, 0) is 62.3 Å². The number of halogens is 1. The summed E-state index contributed by atoms with van der Waals surface area (Å²) in [6, 6.07) is 4.85. The van der Waals surface area contributed by atoms with E-state index in [1.165, 1.54) is 6.07 Å². The molecule has 164 valence electrons. The van der Waals surface area contributed by atoms with Gasteiger partial charge in [0.2, 0.25) is 0 Å². The van der Waals surface area contributed by atoms with E-state index in [0.717, 1.165) is 43.4 Å². The summed E-state index contributed by atoms with van der Waals surface area (Å²) >= 11 is 0. The van der Waals surface area contributed by atoms with Crippen LogP contribution < -0.4 is 0 Å². The molecule has 1 aliphatic heterocycles. The summed E-state index contributed by atoms with van der Waals surface area (Å²) in [6.07, 6.45) is 9.82. The number of aliphatic hydroxyl groups excluding tert-OH is 1. The Morgan fingerprint density at radius 2 is 2.06 bits per heavy atom. The summed E-state index contributed by atoms with van der Waals surface area (Å²) < 4.78 is 23.0. The monoisotopic (exact) mass is 424 g/mol. The van der Waals surface area contributed by atoms with Crippen molar-refractivity contribution in [1.82, 2.24) is 9.55 Å². The van der Waals surface area contributed by atoms with Gasteiger partial charge in [0.15, 0.2) is 0 Å². The fourth-order valence-corrected chi connectivity index (χ4v) is 7.47. The first-order chi connectivity index (χ1) is 15.1. The van der Waals surface area contributed by atoms with Crippen molar-refractivity contribution in [2.75, 3.05) is 13.2 Å². The largest absolute Gasteiger partial charge is 0.396 e. The third kappa shape index (κ3) is 2.94. The number of hydrogen-bond donors (Lipinski definition) is 1. The molecule has 4 aliphatic carbocycles. The molecule has 3 unspecified atom stereocenters. The normalized spacial score (nSPS) is 34.7. The van der Waals surface area contributed by atoms with Crippen molar-refractivity contribution in [1.29, 1.82) is 0 Å². The summed E-state index contributed by atoms with van der Waals surface area (Å²) in [5.74, 6) is 1.54. The Morgan fingerprint density at radius 1 is 1.26 bits per heavy atom. The van der Waals surface area contributed by atoms with E-state index >= 15 is 0 Å². The van der Waals surface area contributed by atoms with Crippen molar-refractivity contribution in [3.05, 3.63) is 42.1 Å². The Balaban J connectivity index is 1.25. The molecule has 5 aliphatic rings. The van der Waals surface area contributed by atoms with E-state index in [1.54, 1.807) is 18.6 Å². The van der Waals surface area contributed by atoms with Crippen LogP contribution in [0.15, 0.2) is 30.7 Å². The lowest BCUT2D eigenvalue weighted by Gasteiger charge is -2.59. The molecule has 3 atom stereocenters. The number of imidazole rings is 1. The predicted molar refractivity (Wildman–Crippen MR) is 113 cm³/mol. The van der Waals surface area contributed by atoms with E-state index in [0.29, 0.717) is 48.5 Å². The molecule has 0 spiro atoms. The summed E-state index contributed by atoms with van der Waals surface area (Å²) in [6.45, 7) is 0.754. The van der Waals surface area contributed by atoms with Gasteiger partial charge in [-0.15, -0.1) is 0 Å². The number of aromatic nitrogens is 2. The van der Waals surface area contributed by atoms with Crippen LogP contribution in [-0.4, -0.2) is 39.8 Å². The first kappa shape index (κ1) is 19.6. The number of carbonyl (C=O) groups excluding carboxylic acids is 1. The molecular formula is C25H29FN2O3. The van der Waals surface area contributed by atoms with Crippen molar-refractivity contribution in [3.8, 4) is 11.3 Å². The molecule has 4 saturated carbocycles. The van der Waals surface area contributed by atoms with E-state index in [1.807, 2.05) is 10.6 Å². The maximum Gasteiger partial charge on any atom is 0.141 e. The van der Waals surface area contributed by atoms with Gasteiger partial charge < -0.3 is 14.4 Å². The molecule has 1 N–H and O–H groups in total. The molecule has 6 heteroatoms. The van der Waals surface area contributed by atoms with Crippen molar-refractivity contribution in [3.63, 3.8) is 0 Å². The van der Waals surface area contributed by atoms with Crippen molar-refractivity contribution < 1.29 is 19.0 Å². The number of hydrogen-bond acceptors (Lipinski definition) is 4. The molecule has 4 bridgehead atoms. The fraction of sp³-hybridized carbons (Fsp3) is 0.600. The summed E-state index contributed by atoms with van der Waals surface area (Å²) in [5.41, 5.74) is 2.12. The molecule has 1 aromatic carbocycles. The third-order valence-electron chi connectivity index (χ3n) is 8.43. The van der Waals surface area contributed by atoms with Crippen LogP contribution in [0.2, 0.25) is 0 Å². The van der Waals surface area contributed by atoms with E-state index in [-0.39, 0.29) is 30.0 Å². The smallest absolute Gasteiger partial charge is 0.141 e. The van der Waals surface area contributed by atoms with Gasteiger partial charge in [0.1, 0.15) is 11.6 Å². The second-order valence-electron chi connectivity index (χ2n) is 10.2. The van der Waals surface area contributed by atoms with Gasteiger partial charge in [-0.25, -0.2) is 9.37 Å². The molecule has 2 heterocycles. The average Bonchev–Trinajstić information content (AvgIpc) is 3.33. The standard InChI is InChI=1S/C25H29FN2O3/c26-19-4-1-3-18-21-13-27-14-28(21)20(23(18)19)9-22(30)25-10-15-7-16(11-25)24(17(8-15)12-25)31-6-2-5-29/h1,3-4,13-17,20,24,29H,2,5-12H2. The lowest BCUT2D eigenvalue weighted by Crippen LogP contribution is -2.57. The quantitative estimate of drug-likeness (QED) is 0.679. The third-order valence-corrected chi connectivity index (χ3v) is 8.43. The number of ether oxygens (including phenoxy) is 1. The average molecular weight is 425 g/mol. The summed E-state index contributed by atoms with van der Waals surface area (Å²) in [7, 11) is 0. The zero-order valence-electron chi connectivity index (χ0n) is 17.7. The zero-order valence-corrected chi connectivity index (χ0v) is 17.7. The van der Waals surface area contributed by atoms with Crippen LogP contribution in [0.5, 0.6) is 0 Å². The van der Waals surface area contributed by atoms with Gasteiger partial charge in [0.25, 0.3) is 0 Å². The minimum absolute atomic E-state index is 0.156. The maximum absolute atomic E-state index is 14.8. The zero-order chi connectivity index (χ0) is 21.2. The molecular weight excluding hydrogens is 395 g/mol. The second-order valence-corrected chi connectivity index (χ2v) is 10.2. The second kappa shape index (κ2) is 7.24. The van der Waals surface area contributed by atoms with Gasteiger partial charge in [0, 0.05) is 36.2 Å². The highest BCUT2D eigenvalue weighted by Gasteiger charge is 2.58. The Bertz CT molecular complexity index is 1000. The molecule has 0 saturated heterocycles. The Kier molecular flexibility index (Phi) is 4.58. The first-order valence-electron chi connectivity index (χ1n) is 11.7. The number of Topliss-reactive ketones (excluding diaryl/α,β-unsaturated/α-hetero) is 1. The highest BCUT2D eigenvalue weighted by atomic mass is 19.1. The number of nitrogens with zero attached hydrogens (tertiary/aromatic N) is 2. The van der Waals surface area contributed by atoms with Crippen LogP contribution in [0, 0.1) is 29.0 Å². The molecule has 7 rings (SSSR count). The van der Waals surface area contributed by atoms with E-state index in [4.69, 9.17) is 9.84 Å². The summed E-state index contributed by atoms with van der Waals surface area (Å²) in [5, 5.41) is 9.08. The minimum Gasteiger partial charge on any atom is -0.396 e. The number of carbonyl (C=O) groups is 1. The minimum atomic E-state index is -0.300. The van der Waals surface area contributed by atoms with Crippen molar-refractivity contribution in [2.24, 2.45) is 23.2 Å². The van der Waals surface area contributed by atoms with Gasteiger partial charge in [-0.2, -0.15) is 0 Å². The molecule has 0 radical (unpaired) electrons. The Morgan fingerprint density at radius 3 is 2.84 bits per heavy atom. The summed E-state index contributed by atoms with van der Waals surface area (Å²) in [4.78, 5) is 18.1. The SMILES string of the molecule is O=C(CC1c2c(F)cccc2-c2cncn21)C12CC3CC(C1)C(OCCCO)C(C3)C2. The number of benzene rings is 1. The molecule has 0 amide bonds. The van der Waals surface area contributed by atoms with Crippen LogP contribution in [0.3, 0.4) is 0 Å². The lowest BCUT2D eigenvalue weighted by atomic mass is 9.47. The highest BCUT2D eigenvalue weighted by Crippen LogP contribution is 2.62. The Labute approximate surface area is 181 Å². The van der Waals surface area contributed by atoms with Gasteiger partial charge >= 0.3 is 0 Å². The molecule has 4 fully saturated rings. The van der Waals surface area contributed by atoms with Gasteiger partial charge in [-0.1, -0.05) is 12.1 Å². The van der Waals surface area contributed by atoms with Crippen molar-refractivity contribution in [2.45, 2.75) is 57.1 Å². The molecule has 2 aromatic rings. The number of fused-ring (bicyclic) bond motifs is 3. The molecule has 31 heavy (non-hydrogen) atoms. The lowest BCUT2D eigenvalue weighted by molar-refractivity contribution is -0.172. The molecule has 5 nitrogen and oxygen atoms in total. The number of aliphatic hydroxyl groups is 1. The van der Waals surface area contributed by atoms with E-state index in [9.17, 15) is 9.18 Å². The van der Waals surface area contributed by atoms with Crippen LogP contribution in [0.1, 0.15) is 56.6 Å². The predicted octanol–water partition coefficient (Wildman–Crippen LogP) is 4.15. The van der Waals surface area contributed by atoms with Crippen LogP contribution >= 0.6 is 0 Å². The number of ketones is 1. The maximum atomic E-state index is 14.8. The number of rotatable bonds is 7. The first-order valence-corrected chi connectivity index (χ1v) is 11.7. The van der Waals surface area contributed by atoms with Crippen LogP contribution in [0.25, 0.3) is 11.3 Å². The van der Waals surface area contributed by atoms with Gasteiger partial charge in [0.05, 0.1) is 30.4 Å². The fourth-order valence-electron chi connectivity index (χ4n) is 7.47. The highest BCUT2D eigenvalue weighted by molar-refractivity contribution is 5.87. The van der Waals surface area contributed by atoms with E-state index < -0.39 is 0 Å². The molecule has 1 aromatic heterocycles.